The van der Waals surface area contributed by atoms with E-state index in [1.54, 1.807) is 0 Å². The molecule has 0 unspecified atom stereocenters. The molecule has 0 spiro atoms. The van der Waals surface area contributed by atoms with Crippen molar-refractivity contribution in [1.29, 1.82) is 0 Å². The van der Waals surface area contributed by atoms with Crippen molar-refractivity contribution >= 4 is 28.5 Å². The van der Waals surface area contributed by atoms with Gasteiger partial charge in [0.05, 0.1) is 0 Å². The maximum atomic E-state index is 11.4. The average Bonchev–Trinajstić information content (AvgIpc) is 2.28. The molecule has 0 saturated carbocycles. The summed E-state index contributed by atoms with van der Waals surface area (Å²) in [6, 6.07) is 0. The molecular weight excluding hydrogens is 313 g/mol. The molecule has 0 atom stereocenters. The second-order valence-electron chi connectivity index (χ2n) is 4.26. The Bertz CT molecular complexity index is 146. The predicted octanol–water partition coefficient (Wildman–Crippen LogP) is 4.07. The van der Waals surface area contributed by atoms with Crippen molar-refractivity contribution in [2.45, 2.75) is 64.7 Å². The molecule has 0 aliphatic carbocycles. The third-order valence-electron chi connectivity index (χ3n) is 2.64. The first-order valence-corrected chi connectivity index (χ1v) is 8.16. The summed E-state index contributed by atoms with van der Waals surface area (Å²) in [4.78, 5) is 11.4. The highest BCUT2D eigenvalue weighted by molar-refractivity contribution is 14.1. The van der Waals surface area contributed by atoms with Gasteiger partial charge >= 0.3 is 0 Å². The summed E-state index contributed by atoms with van der Waals surface area (Å²) in [5, 5.41) is 2.99. The Morgan fingerprint density at radius 1 is 1.00 bits per heavy atom. The topological polar surface area (TPSA) is 29.1 Å². The minimum atomic E-state index is 0.242. The van der Waals surface area contributed by atoms with Crippen molar-refractivity contribution in [1.82, 2.24) is 5.32 Å². The fraction of sp³-hybridized carbons (Fsp3) is 0.923. The molecule has 1 N–H and O–H groups in total. The lowest BCUT2D eigenvalue weighted by Gasteiger charge is -2.04. The summed E-state index contributed by atoms with van der Waals surface area (Å²) in [7, 11) is 0. The van der Waals surface area contributed by atoms with Gasteiger partial charge < -0.3 is 5.32 Å². The lowest BCUT2D eigenvalue weighted by Crippen LogP contribution is -2.23. The van der Waals surface area contributed by atoms with Crippen LogP contribution in [-0.4, -0.2) is 16.9 Å². The average molecular weight is 339 g/mol. The summed E-state index contributed by atoms with van der Waals surface area (Å²) in [6.07, 6.45) is 10.5. The Hall–Kier alpha value is 0.200. The number of hydrogen-bond acceptors (Lipinski definition) is 1. The highest BCUT2D eigenvalue weighted by atomic mass is 127. The van der Waals surface area contributed by atoms with Gasteiger partial charge in [0, 0.05) is 13.0 Å². The summed E-state index contributed by atoms with van der Waals surface area (Å²) in [5.74, 6) is 0.242. The van der Waals surface area contributed by atoms with Crippen molar-refractivity contribution < 1.29 is 4.79 Å². The SMILES string of the molecule is CCCCCCCC(=O)NCCCCCI. The van der Waals surface area contributed by atoms with E-state index < -0.39 is 0 Å². The normalized spacial score (nSPS) is 10.4. The molecule has 0 aromatic heterocycles. The van der Waals surface area contributed by atoms with Gasteiger partial charge in [0.25, 0.3) is 0 Å². The zero-order chi connectivity index (χ0) is 12.1. The van der Waals surface area contributed by atoms with Crippen LogP contribution in [0, 0.1) is 0 Å². The Morgan fingerprint density at radius 3 is 2.38 bits per heavy atom. The number of alkyl halides is 1. The van der Waals surface area contributed by atoms with Gasteiger partial charge in [0.2, 0.25) is 5.91 Å². The Kier molecular flexibility index (Phi) is 13.4. The Balaban J connectivity index is 3.12. The molecular formula is C13H26INO. The number of rotatable bonds is 11. The zero-order valence-corrected chi connectivity index (χ0v) is 12.7. The lowest BCUT2D eigenvalue weighted by molar-refractivity contribution is -0.121. The van der Waals surface area contributed by atoms with E-state index in [0.717, 1.165) is 25.8 Å². The van der Waals surface area contributed by atoms with E-state index in [-0.39, 0.29) is 5.91 Å². The molecule has 3 heteroatoms. The molecule has 2 nitrogen and oxygen atoms in total. The maximum Gasteiger partial charge on any atom is 0.219 e. The van der Waals surface area contributed by atoms with Crippen LogP contribution in [0.1, 0.15) is 64.7 Å². The van der Waals surface area contributed by atoms with Gasteiger partial charge in [0.1, 0.15) is 0 Å². The van der Waals surface area contributed by atoms with Crippen molar-refractivity contribution in [2.75, 3.05) is 11.0 Å². The second kappa shape index (κ2) is 13.3. The minimum absolute atomic E-state index is 0.242. The summed E-state index contributed by atoms with van der Waals surface area (Å²) in [6.45, 7) is 3.08. The molecule has 0 fully saturated rings. The molecule has 96 valence electrons. The van der Waals surface area contributed by atoms with Gasteiger partial charge in [-0.2, -0.15) is 0 Å². The molecule has 1 amide bonds. The minimum Gasteiger partial charge on any atom is -0.356 e. The van der Waals surface area contributed by atoms with E-state index in [4.69, 9.17) is 0 Å². The zero-order valence-electron chi connectivity index (χ0n) is 10.6. The third-order valence-corrected chi connectivity index (χ3v) is 3.40. The number of hydrogen-bond donors (Lipinski definition) is 1. The van der Waals surface area contributed by atoms with E-state index in [1.165, 1.54) is 43.0 Å². The number of carbonyl (C=O) groups excluding carboxylic acids is 1. The van der Waals surface area contributed by atoms with E-state index in [0.29, 0.717) is 0 Å². The molecule has 0 aromatic rings. The molecule has 16 heavy (non-hydrogen) atoms. The fourth-order valence-corrected chi connectivity index (χ4v) is 2.14. The first kappa shape index (κ1) is 16.2. The number of amides is 1. The number of unbranched alkanes of at least 4 members (excludes halogenated alkanes) is 6. The highest BCUT2D eigenvalue weighted by Gasteiger charge is 1.99. The summed E-state index contributed by atoms with van der Waals surface area (Å²) < 4.78 is 1.23. The maximum absolute atomic E-state index is 11.4. The van der Waals surface area contributed by atoms with Crippen LogP contribution in [0.2, 0.25) is 0 Å². The number of nitrogens with one attached hydrogen (secondary N) is 1. The molecule has 0 bridgehead atoms. The van der Waals surface area contributed by atoms with Crippen LogP contribution in [0.15, 0.2) is 0 Å². The van der Waals surface area contributed by atoms with Crippen molar-refractivity contribution in [2.24, 2.45) is 0 Å². The molecule has 0 radical (unpaired) electrons. The van der Waals surface area contributed by atoms with Crippen molar-refractivity contribution in [3.05, 3.63) is 0 Å². The summed E-state index contributed by atoms with van der Waals surface area (Å²) >= 11 is 2.39. The van der Waals surface area contributed by atoms with E-state index in [2.05, 4.69) is 34.8 Å². The molecule has 0 rings (SSSR count). The van der Waals surface area contributed by atoms with Gasteiger partial charge in [-0.15, -0.1) is 0 Å². The van der Waals surface area contributed by atoms with Gasteiger partial charge in [-0.3, -0.25) is 4.79 Å². The van der Waals surface area contributed by atoms with Crippen LogP contribution < -0.4 is 5.32 Å². The van der Waals surface area contributed by atoms with Gasteiger partial charge in [-0.05, 0) is 23.7 Å². The highest BCUT2D eigenvalue weighted by Crippen LogP contribution is 2.04. The van der Waals surface area contributed by atoms with Crippen molar-refractivity contribution in [3.63, 3.8) is 0 Å². The number of carbonyl (C=O) groups is 1. The molecule has 0 saturated heterocycles. The first-order valence-electron chi connectivity index (χ1n) is 6.64. The molecule has 0 aromatic carbocycles. The van der Waals surface area contributed by atoms with E-state index >= 15 is 0 Å². The second-order valence-corrected chi connectivity index (χ2v) is 5.34. The smallest absolute Gasteiger partial charge is 0.219 e. The van der Waals surface area contributed by atoms with Crippen LogP contribution in [-0.2, 0) is 4.79 Å². The van der Waals surface area contributed by atoms with Crippen LogP contribution >= 0.6 is 22.6 Å². The largest absolute Gasteiger partial charge is 0.356 e. The predicted molar refractivity (Wildman–Crippen MR) is 79.1 cm³/mol. The standard InChI is InChI=1S/C13H26INO/c1-2-3-4-5-7-10-13(16)15-12-9-6-8-11-14/h2-12H2,1H3,(H,15,16). The van der Waals surface area contributed by atoms with Crippen LogP contribution in [0.4, 0.5) is 0 Å². The van der Waals surface area contributed by atoms with E-state index in [1.807, 2.05) is 0 Å². The monoisotopic (exact) mass is 339 g/mol. The Morgan fingerprint density at radius 2 is 1.69 bits per heavy atom. The summed E-state index contributed by atoms with van der Waals surface area (Å²) in [5.41, 5.74) is 0. The number of halogens is 1. The quantitative estimate of drug-likeness (QED) is 0.343. The van der Waals surface area contributed by atoms with Gasteiger partial charge in [-0.1, -0.05) is 61.6 Å². The van der Waals surface area contributed by atoms with Crippen molar-refractivity contribution in [3.8, 4) is 0 Å². The third kappa shape index (κ3) is 12.3. The molecule has 0 heterocycles. The molecule has 0 aliphatic heterocycles. The van der Waals surface area contributed by atoms with Crippen LogP contribution in [0.3, 0.4) is 0 Å². The first-order chi connectivity index (χ1) is 7.81. The Labute approximate surface area is 114 Å². The fourth-order valence-electron chi connectivity index (χ4n) is 1.60. The molecule has 0 aliphatic rings. The van der Waals surface area contributed by atoms with Crippen LogP contribution in [0.5, 0.6) is 0 Å². The van der Waals surface area contributed by atoms with E-state index in [9.17, 15) is 4.79 Å². The lowest BCUT2D eigenvalue weighted by atomic mass is 10.1. The van der Waals surface area contributed by atoms with Gasteiger partial charge in [0.15, 0.2) is 0 Å². The van der Waals surface area contributed by atoms with Gasteiger partial charge in [-0.25, -0.2) is 0 Å². The van der Waals surface area contributed by atoms with Crippen LogP contribution in [0.25, 0.3) is 0 Å².